The number of benzene rings is 3. The van der Waals surface area contributed by atoms with E-state index in [1.54, 1.807) is 18.2 Å². The summed E-state index contributed by atoms with van der Waals surface area (Å²) in [5.74, 6) is -0.826. The van der Waals surface area contributed by atoms with E-state index in [4.69, 9.17) is 9.47 Å². The van der Waals surface area contributed by atoms with E-state index in [0.29, 0.717) is 22.6 Å². The second kappa shape index (κ2) is 12.2. The largest absolute Gasteiger partial charge is 0.496 e. The lowest BCUT2D eigenvalue weighted by Gasteiger charge is -2.18. The van der Waals surface area contributed by atoms with Gasteiger partial charge in [-0.25, -0.2) is 9.18 Å². The molecule has 0 aliphatic carbocycles. The van der Waals surface area contributed by atoms with Crippen molar-refractivity contribution in [3.63, 3.8) is 0 Å². The van der Waals surface area contributed by atoms with Crippen molar-refractivity contribution in [2.45, 2.75) is 26.4 Å². The minimum absolute atomic E-state index is 0.0512. The van der Waals surface area contributed by atoms with Crippen LogP contribution < -0.4 is 26.6 Å². The minimum atomic E-state index is -0.705. The highest BCUT2D eigenvalue weighted by Crippen LogP contribution is 2.37. The van der Waals surface area contributed by atoms with Crippen molar-refractivity contribution in [1.29, 1.82) is 0 Å². The number of aromatic amines is 1. The van der Waals surface area contributed by atoms with Crippen LogP contribution in [0.1, 0.15) is 27.0 Å². The van der Waals surface area contributed by atoms with E-state index in [2.05, 4.69) is 15.6 Å². The number of nitrogens with zero attached hydrogens (tertiary/aromatic N) is 1. The molecule has 1 aliphatic rings. The zero-order chi connectivity index (χ0) is 30.8. The molecular weight excluding hydrogens is 555 g/mol. The van der Waals surface area contributed by atoms with Gasteiger partial charge in [0.2, 0.25) is 0 Å². The van der Waals surface area contributed by atoms with E-state index < -0.39 is 29.0 Å². The summed E-state index contributed by atoms with van der Waals surface area (Å²) in [6.07, 6.45) is 1.10. The van der Waals surface area contributed by atoms with Crippen LogP contribution in [0.5, 0.6) is 5.75 Å². The minimum Gasteiger partial charge on any atom is -0.496 e. The molecule has 2 heterocycles. The highest BCUT2D eigenvalue weighted by Gasteiger charge is 2.26. The lowest BCUT2D eigenvalue weighted by atomic mass is 9.90. The first-order valence-corrected chi connectivity index (χ1v) is 13.6. The van der Waals surface area contributed by atoms with Gasteiger partial charge in [0, 0.05) is 31.0 Å². The molecular formula is C32H31FN4O6. The molecule has 3 N–H and O–H groups in total. The summed E-state index contributed by atoms with van der Waals surface area (Å²) >= 11 is 0. The van der Waals surface area contributed by atoms with Crippen molar-refractivity contribution in [2.24, 2.45) is 7.05 Å². The number of aromatic nitrogens is 2. The van der Waals surface area contributed by atoms with Crippen LogP contribution in [0.2, 0.25) is 0 Å². The second-order valence-corrected chi connectivity index (χ2v) is 10.3. The Bertz CT molecular complexity index is 1860. The summed E-state index contributed by atoms with van der Waals surface area (Å²) in [7, 11) is 2.76. The van der Waals surface area contributed by atoms with Gasteiger partial charge in [-0.1, -0.05) is 30.3 Å². The van der Waals surface area contributed by atoms with Crippen molar-refractivity contribution < 1.29 is 23.5 Å². The van der Waals surface area contributed by atoms with Crippen LogP contribution >= 0.6 is 0 Å². The summed E-state index contributed by atoms with van der Waals surface area (Å²) in [4.78, 5) is 51.3. The number of Topliss-reactive ketones (excluding diaryl/α,β-unsaturated/α-hetero) is 1. The maximum absolute atomic E-state index is 15.4. The third-order valence-corrected chi connectivity index (χ3v) is 7.76. The molecule has 3 aromatic carbocycles. The Hall–Kier alpha value is -4.87. The number of anilines is 1. The molecule has 0 saturated carbocycles. The number of carbonyl (C=O) groups excluding carboxylic acids is 2. The fourth-order valence-electron chi connectivity index (χ4n) is 5.21. The molecule has 4 aromatic rings. The zero-order valence-corrected chi connectivity index (χ0v) is 24.2. The van der Waals surface area contributed by atoms with Crippen molar-refractivity contribution in [1.82, 2.24) is 14.9 Å². The van der Waals surface area contributed by atoms with Gasteiger partial charge >= 0.3 is 5.69 Å². The van der Waals surface area contributed by atoms with Crippen LogP contribution in [-0.4, -0.2) is 47.6 Å². The van der Waals surface area contributed by atoms with Crippen molar-refractivity contribution in [2.75, 3.05) is 25.6 Å². The number of methoxy groups -OCH3 is 1. The van der Waals surface area contributed by atoms with Gasteiger partial charge in [0.25, 0.3) is 11.5 Å². The maximum Gasteiger partial charge on any atom is 0.328 e. The molecule has 1 atom stereocenters. The number of halogens is 1. The quantitative estimate of drug-likeness (QED) is 0.288. The molecule has 1 amide bonds. The molecule has 11 heteroatoms. The molecule has 0 radical (unpaired) electrons. The third-order valence-electron chi connectivity index (χ3n) is 7.76. The first-order chi connectivity index (χ1) is 20.6. The molecule has 5 rings (SSSR count). The Morgan fingerprint density at radius 3 is 2.47 bits per heavy atom. The topological polar surface area (TPSA) is 132 Å². The Labute approximate surface area is 246 Å². The van der Waals surface area contributed by atoms with Crippen LogP contribution in [0.4, 0.5) is 10.1 Å². The highest BCUT2D eigenvalue weighted by molar-refractivity contribution is 6.04. The van der Waals surface area contributed by atoms with E-state index >= 15 is 4.39 Å². The van der Waals surface area contributed by atoms with Crippen LogP contribution in [-0.2, 0) is 23.1 Å². The van der Waals surface area contributed by atoms with Gasteiger partial charge in [-0.2, -0.15) is 0 Å². The predicted molar refractivity (Wildman–Crippen MR) is 160 cm³/mol. The van der Waals surface area contributed by atoms with Gasteiger partial charge in [0.05, 0.1) is 19.8 Å². The van der Waals surface area contributed by atoms with E-state index in [-0.39, 0.29) is 31.1 Å². The molecule has 43 heavy (non-hydrogen) atoms. The average Bonchev–Trinajstić information content (AvgIpc) is 3.40. The summed E-state index contributed by atoms with van der Waals surface area (Å²) in [6.45, 7) is 4.20. The van der Waals surface area contributed by atoms with Crippen LogP contribution in [0.25, 0.3) is 22.3 Å². The summed E-state index contributed by atoms with van der Waals surface area (Å²) in [5, 5.41) is 5.83. The Balaban J connectivity index is 1.46. The zero-order valence-electron chi connectivity index (χ0n) is 24.2. The van der Waals surface area contributed by atoms with Gasteiger partial charge < -0.3 is 25.1 Å². The van der Waals surface area contributed by atoms with E-state index in [0.717, 1.165) is 38.6 Å². The first kappa shape index (κ1) is 29.6. The molecule has 10 nitrogen and oxygen atoms in total. The van der Waals surface area contributed by atoms with Crippen LogP contribution in [0.3, 0.4) is 0 Å². The van der Waals surface area contributed by atoms with E-state index in [1.165, 1.54) is 20.2 Å². The van der Waals surface area contributed by atoms with E-state index in [9.17, 15) is 19.2 Å². The molecule has 1 aromatic heterocycles. The Kier molecular flexibility index (Phi) is 8.38. The van der Waals surface area contributed by atoms with Gasteiger partial charge in [-0.3, -0.25) is 19.0 Å². The number of amides is 1. The SMILES string of the molecule is COc1cc(-c2cccc(-c3cccc(NC(=O)c4c[nH]c(=O)n(C)c4=O)c3C)c2C)cc(F)c1CN[C@@H]1COCC1=O. The van der Waals surface area contributed by atoms with Crippen LogP contribution in [0, 0.1) is 19.7 Å². The molecule has 0 bridgehead atoms. The number of rotatable bonds is 8. The monoisotopic (exact) mass is 586 g/mol. The number of H-pyrrole nitrogens is 1. The number of ether oxygens (including phenoxy) is 2. The van der Waals surface area contributed by atoms with Crippen molar-refractivity contribution in [3.8, 4) is 28.0 Å². The van der Waals surface area contributed by atoms with Crippen molar-refractivity contribution in [3.05, 3.63) is 104 Å². The lowest BCUT2D eigenvalue weighted by molar-refractivity contribution is -0.119. The number of nitrogens with one attached hydrogen (secondary N) is 3. The Morgan fingerprint density at radius 2 is 1.77 bits per heavy atom. The fraction of sp³-hybridized carbons (Fsp3) is 0.250. The first-order valence-electron chi connectivity index (χ1n) is 13.6. The number of ketones is 1. The summed E-state index contributed by atoms with van der Waals surface area (Å²) in [6, 6.07) is 13.9. The number of hydrogen-bond acceptors (Lipinski definition) is 7. The summed E-state index contributed by atoms with van der Waals surface area (Å²) in [5.41, 5.74) is 4.05. The smallest absolute Gasteiger partial charge is 0.328 e. The van der Waals surface area contributed by atoms with Gasteiger partial charge in [-0.05, 0) is 65.4 Å². The van der Waals surface area contributed by atoms with Crippen molar-refractivity contribution >= 4 is 17.4 Å². The number of carbonyl (C=O) groups is 2. The normalized spacial score (nSPS) is 14.6. The standard InChI is InChI=1S/C32H31FN4O6/c1-17-20(19-11-25(33)23(29(12-19)42-4)13-34-27-15-43-16-28(27)38)7-5-8-21(17)22-9-6-10-26(18(22)2)36-30(39)24-14-35-32(41)37(3)31(24)40/h5-12,14,27,34H,13,15-16H2,1-4H3,(H,35,41)(H,36,39)/t27-/m1/s1. The lowest BCUT2D eigenvalue weighted by Crippen LogP contribution is -2.37. The molecule has 222 valence electrons. The predicted octanol–water partition coefficient (Wildman–Crippen LogP) is 3.48. The van der Waals surface area contributed by atoms with Gasteiger partial charge in [-0.15, -0.1) is 0 Å². The fourth-order valence-corrected chi connectivity index (χ4v) is 5.21. The highest BCUT2D eigenvalue weighted by atomic mass is 19.1. The maximum atomic E-state index is 15.4. The van der Waals surface area contributed by atoms with Gasteiger partial charge in [0.1, 0.15) is 23.7 Å². The van der Waals surface area contributed by atoms with Crippen LogP contribution in [0.15, 0.2) is 64.3 Å². The summed E-state index contributed by atoms with van der Waals surface area (Å²) < 4.78 is 27.0. The average molecular weight is 587 g/mol. The third kappa shape index (κ3) is 5.77. The van der Waals surface area contributed by atoms with E-state index in [1.807, 2.05) is 38.1 Å². The number of hydrogen-bond donors (Lipinski definition) is 3. The molecule has 1 aliphatic heterocycles. The second-order valence-electron chi connectivity index (χ2n) is 10.3. The molecule has 1 saturated heterocycles. The molecule has 1 fully saturated rings. The molecule has 0 unspecified atom stereocenters. The Morgan fingerprint density at radius 1 is 1.07 bits per heavy atom. The molecule has 0 spiro atoms. The van der Waals surface area contributed by atoms with Gasteiger partial charge in [0.15, 0.2) is 5.78 Å².